The van der Waals surface area contributed by atoms with Crippen molar-refractivity contribution in [1.29, 1.82) is 0 Å². The van der Waals surface area contributed by atoms with E-state index in [1.54, 1.807) is 0 Å². The van der Waals surface area contributed by atoms with Gasteiger partial charge in [-0.2, -0.15) is 0 Å². The molecule has 1 N–H and O–H groups in total. The molecule has 1 nitrogen and oxygen atoms in total. The first kappa shape index (κ1) is 12.7. The van der Waals surface area contributed by atoms with E-state index in [1.165, 1.54) is 27.9 Å². The van der Waals surface area contributed by atoms with Gasteiger partial charge in [-0.3, -0.25) is 0 Å². The zero-order valence-electron chi connectivity index (χ0n) is 11.5. The lowest BCUT2D eigenvalue weighted by Crippen LogP contribution is -2.02. The molecule has 18 heavy (non-hydrogen) atoms. The van der Waals surface area contributed by atoms with Gasteiger partial charge in [0.1, 0.15) is 0 Å². The molecule has 0 unspecified atom stereocenters. The molecule has 94 valence electrons. The van der Waals surface area contributed by atoms with Crippen LogP contribution < -0.4 is 5.32 Å². The number of aryl methyl sites for hydroxylation is 3. The minimum atomic E-state index is 0.896. The number of rotatable bonds is 4. The van der Waals surface area contributed by atoms with Crippen LogP contribution >= 0.6 is 0 Å². The second kappa shape index (κ2) is 5.72. The van der Waals surface area contributed by atoms with Crippen LogP contribution in [0.4, 0.5) is 5.69 Å². The molecule has 0 spiro atoms. The first-order valence-corrected chi connectivity index (χ1v) is 6.58. The largest absolute Gasteiger partial charge is 0.381 e. The van der Waals surface area contributed by atoms with Gasteiger partial charge in [0.25, 0.3) is 0 Å². The highest BCUT2D eigenvalue weighted by molar-refractivity contribution is 5.49. The molecule has 0 amide bonds. The lowest BCUT2D eigenvalue weighted by Gasteiger charge is -2.11. The van der Waals surface area contributed by atoms with Gasteiger partial charge >= 0.3 is 0 Å². The summed E-state index contributed by atoms with van der Waals surface area (Å²) in [7, 11) is 0. The molecule has 2 rings (SSSR count). The zero-order chi connectivity index (χ0) is 13.0. The van der Waals surface area contributed by atoms with Crippen molar-refractivity contribution in [2.24, 2.45) is 0 Å². The monoisotopic (exact) mass is 239 g/mol. The van der Waals surface area contributed by atoms with Gasteiger partial charge < -0.3 is 5.32 Å². The quantitative estimate of drug-likeness (QED) is 0.829. The van der Waals surface area contributed by atoms with E-state index in [9.17, 15) is 0 Å². The molecule has 0 saturated carbocycles. The van der Waals surface area contributed by atoms with E-state index in [-0.39, 0.29) is 0 Å². The Bertz CT molecular complexity index is 509. The number of nitrogens with one attached hydrogen (secondary N) is 1. The van der Waals surface area contributed by atoms with Crippen molar-refractivity contribution in [3.63, 3.8) is 0 Å². The summed E-state index contributed by atoms with van der Waals surface area (Å²) in [5.41, 5.74) is 6.63. The normalized spacial score (nSPS) is 10.4. The van der Waals surface area contributed by atoms with Crippen LogP contribution in [0.15, 0.2) is 42.5 Å². The predicted octanol–water partition coefficient (Wildman–Crippen LogP) is 4.48. The van der Waals surface area contributed by atoms with Crippen LogP contribution in [-0.4, -0.2) is 0 Å². The Morgan fingerprint density at radius 2 is 1.50 bits per heavy atom. The van der Waals surface area contributed by atoms with Gasteiger partial charge in [0.15, 0.2) is 0 Å². The van der Waals surface area contributed by atoms with E-state index >= 15 is 0 Å². The smallest absolute Gasteiger partial charge is 0.0403 e. The van der Waals surface area contributed by atoms with E-state index in [0.717, 1.165) is 13.0 Å². The van der Waals surface area contributed by atoms with E-state index in [1.807, 2.05) is 0 Å². The molecule has 2 aromatic rings. The second-order valence-corrected chi connectivity index (χ2v) is 4.85. The molecule has 0 bridgehead atoms. The number of benzene rings is 2. The first-order valence-electron chi connectivity index (χ1n) is 6.58. The van der Waals surface area contributed by atoms with Gasteiger partial charge in [0, 0.05) is 12.2 Å². The summed E-state index contributed by atoms with van der Waals surface area (Å²) < 4.78 is 0. The lowest BCUT2D eigenvalue weighted by atomic mass is 10.1. The van der Waals surface area contributed by atoms with Gasteiger partial charge in [0.05, 0.1) is 0 Å². The van der Waals surface area contributed by atoms with Crippen LogP contribution in [0.2, 0.25) is 0 Å². The Labute approximate surface area is 110 Å². The summed E-state index contributed by atoms with van der Waals surface area (Å²) in [5.74, 6) is 0. The van der Waals surface area contributed by atoms with Gasteiger partial charge in [-0.05, 0) is 54.7 Å². The molecule has 1 heteroatoms. The molecule has 0 aliphatic rings. The molecule has 0 atom stereocenters. The maximum Gasteiger partial charge on any atom is 0.0403 e. The summed E-state index contributed by atoms with van der Waals surface area (Å²) in [6.07, 6.45) is 1.09. The maximum absolute atomic E-state index is 3.52. The van der Waals surface area contributed by atoms with Crippen molar-refractivity contribution in [2.45, 2.75) is 33.7 Å². The van der Waals surface area contributed by atoms with Crippen molar-refractivity contribution in [3.05, 3.63) is 64.7 Å². The van der Waals surface area contributed by atoms with E-state index in [2.05, 4.69) is 68.6 Å². The van der Waals surface area contributed by atoms with Crippen LogP contribution in [0.3, 0.4) is 0 Å². The van der Waals surface area contributed by atoms with Gasteiger partial charge in [-0.25, -0.2) is 0 Å². The topological polar surface area (TPSA) is 12.0 Å². The fourth-order valence-electron chi connectivity index (χ4n) is 2.35. The molecule has 0 radical (unpaired) electrons. The van der Waals surface area contributed by atoms with Crippen LogP contribution in [0, 0.1) is 13.8 Å². The summed E-state index contributed by atoms with van der Waals surface area (Å²) in [6, 6.07) is 15.2. The molecule has 0 fully saturated rings. The van der Waals surface area contributed by atoms with Crippen LogP contribution in [0.1, 0.15) is 29.2 Å². The second-order valence-electron chi connectivity index (χ2n) is 4.85. The lowest BCUT2D eigenvalue weighted by molar-refractivity contribution is 1.04. The molecule has 0 aromatic heterocycles. The summed E-state index contributed by atoms with van der Waals surface area (Å²) in [6.45, 7) is 7.37. The Kier molecular flexibility index (Phi) is 4.03. The molecule has 0 aliphatic carbocycles. The average Bonchev–Trinajstić information content (AvgIpc) is 2.35. The highest BCUT2D eigenvalue weighted by Crippen LogP contribution is 2.16. The van der Waals surface area contributed by atoms with Crippen LogP contribution in [0.5, 0.6) is 0 Å². The van der Waals surface area contributed by atoms with Crippen molar-refractivity contribution in [2.75, 3.05) is 5.32 Å². The molecule has 0 aliphatic heterocycles. The molecule has 2 aromatic carbocycles. The summed E-state index contributed by atoms with van der Waals surface area (Å²) >= 11 is 0. The highest BCUT2D eigenvalue weighted by atomic mass is 14.9. The first-order chi connectivity index (χ1) is 8.69. The highest BCUT2D eigenvalue weighted by Gasteiger charge is 2.00. The van der Waals surface area contributed by atoms with Gasteiger partial charge in [-0.15, -0.1) is 0 Å². The van der Waals surface area contributed by atoms with Gasteiger partial charge in [0.2, 0.25) is 0 Å². The molecular weight excluding hydrogens is 218 g/mol. The minimum absolute atomic E-state index is 0.896. The summed E-state index contributed by atoms with van der Waals surface area (Å²) in [5, 5.41) is 3.52. The van der Waals surface area contributed by atoms with Crippen molar-refractivity contribution in [1.82, 2.24) is 0 Å². The van der Waals surface area contributed by atoms with E-state index in [0.29, 0.717) is 0 Å². The third-order valence-electron chi connectivity index (χ3n) is 3.20. The van der Waals surface area contributed by atoms with Crippen molar-refractivity contribution < 1.29 is 0 Å². The SMILES string of the molecule is CCc1ccccc1CNc1cc(C)cc(C)c1. The number of anilines is 1. The van der Waals surface area contributed by atoms with Crippen LogP contribution in [-0.2, 0) is 13.0 Å². The average molecular weight is 239 g/mol. The fraction of sp³-hybridized carbons (Fsp3) is 0.294. The molecule has 0 heterocycles. The Balaban J connectivity index is 2.11. The Hall–Kier alpha value is -1.76. The fourth-order valence-corrected chi connectivity index (χ4v) is 2.35. The third-order valence-corrected chi connectivity index (χ3v) is 3.20. The maximum atomic E-state index is 3.52. The third kappa shape index (κ3) is 3.13. The molecular formula is C17H21N. The predicted molar refractivity (Wildman–Crippen MR) is 79.1 cm³/mol. The number of hydrogen-bond donors (Lipinski definition) is 1. The van der Waals surface area contributed by atoms with Crippen molar-refractivity contribution in [3.8, 4) is 0 Å². The minimum Gasteiger partial charge on any atom is -0.381 e. The zero-order valence-corrected chi connectivity index (χ0v) is 11.5. The standard InChI is InChI=1S/C17H21N/c1-4-15-7-5-6-8-16(15)12-18-17-10-13(2)9-14(3)11-17/h5-11,18H,4,12H2,1-3H3. The number of hydrogen-bond acceptors (Lipinski definition) is 1. The van der Waals surface area contributed by atoms with E-state index in [4.69, 9.17) is 0 Å². The van der Waals surface area contributed by atoms with E-state index < -0.39 is 0 Å². The Morgan fingerprint density at radius 3 is 2.11 bits per heavy atom. The Morgan fingerprint density at radius 1 is 0.889 bits per heavy atom. The van der Waals surface area contributed by atoms with Crippen molar-refractivity contribution >= 4 is 5.69 Å². The van der Waals surface area contributed by atoms with Gasteiger partial charge in [-0.1, -0.05) is 37.3 Å². The van der Waals surface area contributed by atoms with Crippen LogP contribution in [0.25, 0.3) is 0 Å². The molecule has 0 saturated heterocycles. The summed E-state index contributed by atoms with van der Waals surface area (Å²) in [4.78, 5) is 0.